The standard InChI is InChI=1S/C26H20N2O2S/c29-22-14-8-7-13-20(22)24-27-25-23(21(17-31-25)19-11-5-2-6-12-19)26(30)28(24)16-15-18-9-3-1-4-10-18/h1-14,17,29H,15-16H2. The van der Waals surface area contributed by atoms with Gasteiger partial charge in [0, 0.05) is 17.5 Å². The molecular weight excluding hydrogens is 404 g/mol. The van der Waals surface area contributed by atoms with Gasteiger partial charge in [-0.1, -0.05) is 72.8 Å². The molecule has 0 amide bonds. The number of aromatic nitrogens is 2. The Morgan fingerprint density at radius 1 is 0.839 bits per heavy atom. The minimum absolute atomic E-state index is 0.0840. The number of aryl methyl sites for hydroxylation is 1. The maximum Gasteiger partial charge on any atom is 0.263 e. The van der Waals surface area contributed by atoms with Crippen molar-refractivity contribution in [3.63, 3.8) is 0 Å². The number of phenolic OH excluding ortho intramolecular Hbond substituents is 1. The van der Waals surface area contributed by atoms with Crippen molar-refractivity contribution in [1.82, 2.24) is 9.55 Å². The number of fused-ring (bicyclic) bond motifs is 1. The van der Waals surface area contributed by atoms with Crippen LogP contribution < -0.4 is 5.56 Å². The van der Waals surface area contributed by atoms with Crippen LogP contribution in [0.1, 0.15) is 5.56 Å². The first-order valence-corrected chi connectivity index (χ1v) is 11.0. The highest BCUT2D eigenvalue weighted by molar-refractivity contribution is 7.17. The second-order valence-electron chi connectivity index (χ2n) is 7.34. The summed E-state index contributed by atoms with van der Waals surface area (Å²) in [5.74, 6) is 0.607. The third kappa shape index (κ3) is 3.64. The monoisotopic (exact) mass is 424 g/mol. The third-order valence-electron chi connectivity index (χ3n) is 5.39. The molecule has 0 aliphatic heterocycles. The molecule has 3 aromatic carbocycles. The van der Waals surface area contributed by atoms with E-state index >= 15 is 0 Å². The van der Waals surface area contributed by atoms with Gasteiger partial charge in [0.05, 0.1) is 10.9 Å². The summed E-state index contributed by atoms with van der Waals surface area (Å²) in [6, 6.07) is 27.0. The number of hydrogen-bond acceptors (Lipinski definition) is 4. The Bertz CT molecular complexity index is 1410. The summed E-state index contributed by atoms with van der Waals surface area (Å²) < 4.78 is 1.70. The second kappa shape index (κ2) is 8.20. The predicted octanol–water partition coefficient (Wildman–Crippen LogP) is 5.74. The quantitative estimate of drug-likeness (QED) is 0.391. The van der Waals surface area contributed by atoms with E-state index in [-0.39, 0.29) is 11.3 Å². The molecule has 0 aliphatic carbocycles. The summed E-state index contributed by atoms with van der Waals surface area (Å²) in [5.41, 5.74) is 3.52. The first-order valence-electron chi connectivity index (χ1n) is 10.1. The predicted molar refractivity (Wildman–Crippen MR) is 127 cm³/mol. The summed E-state index contributed by atoms with van der Waals surface area (Å²) in [6.45, 7) is 0.472. The van der Waals surface area contributed by atoms with Crippen molar-refractivity contribution in [3.8, 4) is 28.3 Å². The Balaban J connectivity index is 1.72. The smallest absolute Gasteiger partial charge is 0.263 e. The van der Waals surface area contributed by atoms with E-state index in [1.165, 1.54) is 11.3 Å². The number of rotatable bonds is 5. The first kappa shape index (κ1) is 19.3. The molecule has 152 valence electrons. The van der Waals surface area contributed by atoms with Crippen molar-refractivity contribution in [2.45, 2.75) is 13.0 Å². The molecule has 0 aliphatic rings. The Morgan fingerprint density at radius 3 is 2.26 bits per heavy atom. The lowest BCUT2D eigenvalue weighted by atomic mass is 10.1. The van der Waals surface area contributed by atoms with Crippen LogP contribution in [0.2, 0.25) is 0 Å². The Hall–Kier alpha value is -3.70. The minimum atomic E-state index is -0.0840. The highest BCUT2D eigenvalue weighted by atomic mass is 32.1. The van der Waals surface area contributed by atoms with Gasteiger partial charge >= 0.3 is 0 Å². The SMILES string of the molecule is O=c1c2c(-c3ccccc3)csc2nc(-c2ccccc2O)n1CCc1ccccc1. The molecule has 31 heavy (non-hydrogen) atoms. The molecule has 0 atom stereocenters. The summed E-state index contributed by atoms with van der Waals surface area (Å²) in [4.78, 5) is 19.3. The van der Waals surface area contributed by atoms with Gasteiger partial charge in [0.25, 0.3) is 5.56 Å². The van der Waals surface area contributed by atoms with Crippen LogP contribution in [0.5, 0.6) is 5.75 Å². The number of hydrogen-bond donors (Lipinski definition) is 1. The van der Waals surface area contributed by atoms with Gasteiger partial charge in [-0.3, -0.25) is 9.36 Å². The molecule has 0 bridgehead atoms. The molecule has 1 N–H and O–H groups in total. The van der Waals surface area contributed by atoms with Crippen LogP contribution in [0, 0.1) is 0 Å². The van der Waals surface area contributed by atoms with Gasteiger partial charge in [0.1, 0.15) is 16.4 Å². The number of para-hydroxylation sites is 1. The molecule has 0 unspecified atom stereocenters. The van der Waals surface area contributed by atoms with Gasteiger partial charge in [-0.05, 0) is 29.7 Å². The molecular formula is C26H20N2O2S. The van der Waals surface area contributed by atoms with E-state index in [1.807, 2.05) is 60.0 Å². The molecule has 4 nitrogen and oxygen atoms in total. The average Bonchev–Trinajstić information content (AvgIpc) is 3.24. The lowest BCUT2D eigenvalue weighted by Gasteiger charge is -2.14. The van der Waals surface area contributed by atoms with E-state index in [4.69, 9.17) is 4.98 Å². The van der Waals surface area contributed by atoms with E-state index < -0.39 is 0 Å². The summed E-state index contributed by atoms with van der Waals surface area (Å²) in [6.07, 6.45) is 0.694. The van der Waals surface area contributed by atoms with Gasteiger partial charge in [0.2, 0.25) is 0 Å². The van der Waals surface area contributed by atoms with Crippen molar-refractivity contribution in [3.05, 3.63) is 106 Å². The highest BCUT2D eigenvalue weighted by Crippen LogP contribution is 2.34. The van der Waals surface area contributed by atoms with Crippen LogP contribution in [0.4, 0.5) is 0 Å². The number of nitrogens with zero attached hydrogens (tertiary/aromatic N) is 2. The summed E-state index contributed by atoms with van der Waals surface area (Å²) >= 11 is 1.45. The fraction of sp³-hybridized carbons (Fsp3) is 0.0769. The highest BCUT2D eigenvalue weighted by Gasteiger charge is 2.19. The lowest BCUT2D eigenvalue weighted by molar-refractivity contribution is 0.476. The molecule has 5 heteroatoms. The molecule has 0 saturated carbocycles. The molecule has 2 aromatic heterocycles. The van der Waals surface area contributed by atoms with Crippen molar-refractivity contribution < 1.29 is 5.11 Å². The fourth-order valence-corrected chi connectivity index (χ4v) is 4.75. The maximum atomic E-state index is 13.8. The van der Waals surface area contributed by atoms with Gasteiger partial charge in [-0.25, -0.2) is 4.98 Å². The van der Waals surface area contributed by atoms with Crippen molar-refractivity contribution in [2.24, 2.45) is 0 Å². The zero-order chi connectivity index (χ0) is 21.2. The normalized spacial score (nSPS) is 11.1. The number of aromatic hydroxyl groups is 1. The maximum absolute atomic E-state index is 13.8. The van der Waals surface area contributed by atoms with Gasteiger partial charge in [-0.2, -0.15) is 0 Å². The van der Waals surface area contributed by atoms with Crippen molar-refractivity contribution in [1.29, 1.82) is 0 Å². The molecule has 2 heterocycles. The van der Waals surface area contributed by atoms with Crippen molar-refractivity contribution in [2.75, 3.05) is 0 Å². The molecule has 5 aromatic rings. The molecule has 0 spiro atoms. The number of phenols is 1. The van der Waals surface area contributed by atoms with Crippen LogP contribution in [-0.2, 0) is 13.0 Å². The van der Waals surface area contributed by atoms with Gasteiger partial charge in [0.15, 0.2) is 0 Å². The third-order valence-corrected chi connectivity index (χ3v) is 6.26. The minimum Gasteiger partial charge on any atom is -0.507 e. The fourth-order valence-electron chi connectivity index (χ4n) is 3.82. The van der Waals surface area contributed by atoms with Gasteiger partial charge < -0.3 is 5.11 Å². The summed E-state index contributed by atoms with van der Waals surface area (Å²) in [5, 5.41) is 13.1. The van der Waals surface area contributed by atoms with E-state index in [0.717, 1.165) is 16.7 Å². The molecule has 5 rings (SSSR count). The van der Waals surface area contributed by atoms with Crippen LogP contribution in [0.25, 0.3) is 32.7 Å². The van der Waals surface area contributed by atoms with E-state index in [1.54, 1.807) is 22.8 Å². The van der Waals surface area contributed by atoms with Crippen LogP contribution in [0.3, 0.4) is 0 Å². The van der Waals surface area contributed by atoms with E-state index in [9.17, 15) is 9.90 Å². The lowest BCUT2D eigenvalue weighted by Crippen LogP contribution is -2.24. The number of thiophene rings is 1. The molecule has 0 saturated heterocycles. The van der Waals surface area contributed by atoms with E-state index in [0.29, 0.717) is 34.6 Å². The second-order valence-corrected chi connectivity index (χ2v) is 8.20. The topological polar surface area (TPSA) is 55.1 Å². The Kier molecular flexibility index (Phi) is 5.10. The summed E-state index contributed by atoms with van der Waals surface area (Å²) in [7, 11) is 0. The van der Waals surface area contributed by atoms with Crippen LogP contribution in [-0.4, -0.2) is 14.7 Å². The van der Waals surface area contributed by atoms with Crippen LogP contribution in [0.15, 0.2) is 95.1 Å². The van der Waals surface area contributed by atoms with Crippen molar-refractivity contribution >= 4 is 21.6 Å². The van der Waals surface area contributed by atoms with Gasteiger partial charge in [-0.15, -0.1) is 11.3 Å². The Labute approximate surface area is 183 Å². The Morgan fingerprint density at radius 2 is 1.52 bits per heavy atom. The molecule has 0 radical (unpaired) electrons. The first-order chi connectivity index (χ1) is 15.2. The van der Waals surface area contributed by atoms with E-state index in [2.05, 4.69) is 12.1 Å². The zero-order valence-corrected chi connectivity index (χ0v) is 17.5. The zero-order valence-electron chi connectivity index (χ0n) is 16.7. The number of benzene rings is 3. The molecule has 0 fully saturated rings. The van der Waals surface area contributed by atoms with Crippen LogP contribution >= 0.6 is 11.3 Å². The largest absolute Gasteiger partial charge is 0.507 e. The average molecular weight is 425 g/mol.